The predicted octanol–water partition coefficient (Wildman–Crippen LogP) is 0.514. The van der Waals surface area contributed by atoms with Crippen molar-refractivity contribution in [3.05, 3.63) is 12.2 Å². The Balaban J connectivity index is 4.03. The van der Waals surface area contributed by atoms with Crippen LogP contribution in [-0.2, 0) is 19.2 Å². The molecule has 1 atom stereocenters. The number of ether oxygens (including phenoxy) is 1. The van der Waals surface area contributed by atoms with Gasteiger partial charge in [0.05, 0.1) is 7.11 Å². The third kappa shape index (κ3) is 5.31. The van der Waals surface area contributed by atoms with Gasteiger partial charge >= 0.3 is 5.97 Å². The normalized spacial score (nSPS) is 12.6. The molecule has 1 unspecified atom stereocenters. The van der Waals surface area contributed by atoms with Gasteiger partial charge in [-0.2, -0.15) is 0 Å². The molecule has 0 rings (SSSR count). The van der Waals surface area contributed by atoms with Crippen LogP contribution in [0.5, 0.6) is 0 Å². The highest BCUT2D eigenvalue weighted by molar-refractivity contribution is 5.86. The highest BCUT2D eigenvalue weighted by Crippen LogP contribution is 1.95. The Labute approximate surface area is 83.2 Å². The average molecular weight is 201 g/mol. The van der Waals surface area contributed by atoms with Crippen LogP contribution in [0.15, 0.2) is 12.2 Å². The lowest BCUT2D eigenvalue weighted by atomic mass is 10.3. The van der Waals surface area contributed by atoms with E-state index in [0.29, 0.717) is 0 Å². The second kappa shape index (κ2) is 6.15. The summed E-state index contributed by atoms with van der Waals surface area (Å²) in [6.45, 7) is 2.98. The van der Waals surface area contributed by atoms with Crippen molar-refractivity contribution in [1.82, 2.24) is 5.06 Å². The van der Waals surface area contributed by atoms with Crippen LogP contribution in [0.2, 0.25) is 0 Å². The third-order valence-corrected chi connectivity index (χ3v) is 1.45. The molecule has 5 nitrogen and oxygen atoms in total. The molecule has 5 heteroatoms. The Hall–Kier alpha value is -1.36. The zero-order chi connectivity index (χ0) is 11.1. The molecule has 0 saturated carbocycles. The van der Waals surface area contributed by atoms with E-state index in [1.807, 2.05) is 0 Å². The molecule has 0 saturated heterocycles. The molecule has 0 aliphatic rings. The number of hydrogen-bond acceptors (Lipinski definition) is 4. The molecule has 0 aliphatic heterocycles. The first kappa shape index (κ1) is 12.6. The van der Waals surface area contributed by atoms with Crippen molar-refractivity contribution in [3.63, 3.8) is 0 Å². The van der Waals surface area contributed by atoms with Gasteiger partial charge < -0.3 is 4.74 Å². The molecule has 0 aromatic rings. The van der Waals surface area contributed by atoms with Crippen LogP contribution in [0.4, 0.5) is 0 Å². The summed E-state index contributed by atoms with van der Waals surface area (Å²) < 4.78 is 4.78. The fourth-order valence-corrected chi connectivity index (χ4v) is 0.714. The summed E-state index contributed by atoms with van der Waals surface area (Å²) in [7, 11) is 2.88. The highest BCUT2D eigenvalue weighted by Gasteiger charge is 2.04. The first-order valence-corrected chi connectivity index (χ1v) is 4.14. The Kier molecular flexibility index (Phi) is 5.55. The van der Waals surface area contributed by atoms with E-state index in [-0.39, 0.29) is 11.9 Å². The summed E-state index contributed by atoms with van der Waals surface area (Å²) >= 11 is 0. The minimum absolute atomic E-state index is 0.313. The van der Waals surface area contributed by atoms with Gasteiger partial charge in [-0.1, -0.05) is 0 Å². The fourth-order valence-electron chi connectivity index (χ4n) is 0.714. The fraction of sp³-hybridized carbons (Fsp3) is 0.556. The van der Waals surface area contributed by atoms with E-state index < -0.39 is 6.10 Å². The van der Waals surface area contributed by atoms with Crippen molar-refractivity contribution in [1.29, 1.82) is 0 Å². The van der Waals surface area contributed by atoms with Crippen molar-refractivity contribution in [3.8, 4) is 0 Å². The third-order valence-electron chi connectivity index (χ3n) is 1.45. The molecule has 0 aromatic heterocycles. The van der Waals surface area contributed by atoms with E-state index in [9.17, 15) is 9.59 Å². The number of esters is 1. The van der Waals surface area contributed by atoms with Crippen LogP contribution in [-0.4, -0.2) is 37.2 Å². The van der Waals surface area contributed by atoms with E-state index in [0.717, 1.165) is 5.06 Å². The first-order valence-electron chi connectivity index (χ1n) is 4.14. The number of nitrogens with zero attached hydrogens (tertiary/aromatic N) is 1. The second-order valence-corrected chi connectivity index (χ2v) is 2.69. The van der Waals surface area contributed by atoms with Crippen LogP contribution in [0.3, 0.4) is 0 Å². The topological polar surface area (TPSA) is 55.8 Å². The number of rotatable bonds is 4. The maximum atomic E-state index is 11.1. The zero-order valence-electron chi connectivity index (χ0n) is 8.81. The highest BCUT2D eigenvalue weighted by atomic mass is 16.7. The standard InChI is InChI=1S/C9H15NO4/c1-7(14-8(2)11)5-6-9(12)10(3)13-4/h5-7H,1-4H3/b6-5+. The van der Waals surface area contributed by atoms with Crippen molar-refractivity contribution >= 4 is 11.9 Å². The molecule has 14 heavy (non-hydrogen) atoms. The molecule has 0 fully saturated rings. The van der Waals surface area contributed by atoms with Gasteiger partial charge in [0.2, 0.25) is 0 Å². The molecule has 0 aliphatic carbocycles. The summed E-state index contributed by atoms with van der Waals surface area (Å²) in [6, 6.07) is 0. The molecule has 0 N–H and O–H groups in total. The minimum atomic E-state index is -0.415. The van der Waals surface area contributed by atoms with E-state index in [2.05, 4.69) is 4.84 Å². The lowest BCUT2D eigenvalue weighted by Crippen LogP contribution is -2.23. The van der Waals surface area contributed by atoms with Crippen LogP contribution in [0, 0.1) is 0 Å². The lowest BCUT2D eigenvalue weighted by Gasteiger charge is -2.11. The van der Waals surface area contributed by atoms with E-state index in [4.69, 9.17) is 4.74 Å². The van der Waals surface area contributed by atoms with Gasteiger partial charge in [0, 0.05) is 20.0 Å². The summed E-state index contributed by atoms with van der Waals surface area (Å²) in [6.07, 6.45) is 2.36. The number of hydroxylamine groups is 2. The number of amides is 1. The average Bonchev–Trinajstić information content (AvgIpc) is 2.11. The van der Waals surface area contributed by atoms with E-state index >= 15 is 0 Å². The maximum Gasteiger partial charge on any atom is 0.303 e. The SMILES string of the molecule is CON(C)C(=O)/C=C/C(C)OC(C)=O. The molecular weight excluding hydrogens is 186 g/mol. The van der Waals surface area contributed by atoms with Gasteiger partial charge in [0.15, 0.2) is 0 Å². The van der Waals surface area contributed by atoms with Gasteiger partial charge in [-0.15, -0.1) is 0 Å². The predicted molar refractivity (Wildman–Crippen MR) is 50.1 cm³/mol. The van der Waals surface area contributed by atoms with Gasteiger partial charge in [-0.25, -0.2) is 5.06 Å². The van der Waals surface area contributed by atoms with Gasteiger partial charge in [-0.3, -0.25) is 14.4 Å². The van der Waals surface area contributed by atoms with E-state index in [1.165, 1.54) is 33.2 Å². The summed E-state index contributed by atoms with van der Waals surface area (Å²) in [5, 5.41) is 1.07. The van der Waals surface area contributed by atoms with Crippen LogP contribution < -0.4 is 0 Å². The molecule has 80 valence electrons. The Morgan fingerprint density at radius 2 is 2.00 bits per heavy atom. The zero-order valence-corrected chi connectivity index (χ0v) is 8.81. The lowest BCUT2D eigenvalue weighted by molar-refractivity contribution is -0.162. The van der Waals surface area contributed by atoms with Crippen molar-refractivity contribution in [2.45, 2.75) is 20.0 Å². The van der Waals surface area contributed by atoms with Crippen LogP contribution >= 0.6 is 0 Å². The minimum Gasteiger partial charge on any atom is -0.459 e. The molecule has 0 radical (unpaired) electrons. The monoisotopic (exact) mass is 201 g/mol. The van der Waals surface area contributed by atoms with Crippen molar-refractivity contribution in [2.24, 2.45) is 0 Å². The molecule has 0 bridgehead atoms. The molecule has 1 amide bonds. The second-order valence-electron chi connectivity index (χ2n) is 2.69. The Bertz CT molecular complexity index is 237. The molecular formula is C9H15NO4. The molecule has 0 spiro atoms. The van der Waals surface area contributed by atoms with Gasteiger partial charge in [-0.05, 0) is 13.0 Å². The largest absolute Gasteiger partial charge is 0.459 e. The molecule has 0 heterocycles. The quantitative estimate of drug-likeness (QED) is 0.378. The molecule has 0 aromatic carbocycles. The first-order chi connectivity index (χ1) is 6.47. The van der Waals surface area contributed by atoms with Gasteiger partial charge in [0.1, 0.15) is 6.10 Å². The summed E-state index contributed by atoms with van der Waals surface area (Å²) in [5.74, 6) is -0.693. The van der Waals surface area contributed by atoms with Crippen LogP contribution in [0.25, 0.3) is 0 Å². The van der Waals surface area contributed by atoms with Crippen LogP contribution in [0.1, 0.15) is 13.8 Å². The Morgan fingerprint density at radius 1 is 1.43 bits per heavy atom. The maximum absolute atomic E-state index is 11.1. The van der Waals surface area contributed by atoms with Crippen molar-refractivity contribution < 1.29 is 19.2 Å². The summed E-state index contributed by atoms with van der Waals surface area (Å²) in [5.41, 5.74) is 0. The van der Waals surface area contributed by atoms with E-state index in [1.54, 1.807) is 6.92 Å². The van der Waals surface area contributed by atoms with Gasteiger partial charge in [0.25, 0.3) is 5.91 Å². The van der Waals surface area contributed by atoms with Crippen molar-refractivity contribution in [2.75, 3.05) is 14.2 Å². The number of hydrogen-bond donors (Lipinski definition) is 0. The number of carbonyl (C=O) groups is 2. The summed E-state index contributed by atoms with van der Waals surface area (Å²) in [4.78, 5) is 26.3. The number of carbonyl (C=O) groups excluding carboxylic acids is 2. The number of likely N-dealkylation sites (N-methyl/N-ethyl adjacent to an activating group) is 1. The smallest absolute Gasteiger partial charge is 0.303 e. The Morgan fingerprint density at radius 3 is 2.43 bits per heavy atom.